The van der Waals surface area contributed by atoms with Gasteiger partial charge < -0.3 is 9.84 Å². The van der Waals surface area contributed by atoms with Crippen LogP contribution in [0.5, 0.6) is 5.75 Å². The predicted molar refractivity (Wildman–Crippen MR) is 52.7 cm³/mol. The monoisotopic (exact) mass is 196 g/mol. The second kappa shape index (κ2) is 4.77. The molecule has 14 heavy (non-hydrogen) atoms. The zero-order chi connectivity index (χ0) is 10.6. The molecule has 1 atom stereocenters. The van der Waals surface area contributed by atoms with Crippen LogP contribution in [0.1, 0.15) is 18.6 Å². The number of halogens is 1. The Kier molecular flexibility index (Phi) is 3.65. The minimum absolute atomic E-state index is 0.274. The third-order valence-corrected chi connectivity index (χ3v) is 1.79. The summed E-state index contributed by atoms with van der Waals surface area (Å²) >= 11 is 0. The van der Waals surface area contributed by atoms with E-state index in [4.69, 9.17) is 4.74 Å². The summed E-state index contributed by atoms with van der Waals surface area (Å²) in [5.74, 6) is -0.0200. The van der Waals surface area contributed by atoms with Gasteiger partial charge in [0.15, 0.2) is 0 Å². The van der Waals surface area contributed by atoms with Crippen molar-refractivity contribution in [3.05, 3.63) is 42.2 Å². The number of aliphatic hydroxyl groups is 1. The van der Waals surface area contributed by atoms with Gasteiger partial charge in [-0.25, -0.2) is 4.39 Å². The Hall–Kier alpha value is -1.35. The second-order valence-corrected chi connectivity index (χ2v) is 2.96. The van der Waals surface area contributed by atoms with Crippen LogP contribution in [0.15, 0.2) is 30.9 Å². The Morgan fingerprint density at radius 2 is 2.36 bits per heavy atom. The first kappa shape index (κ1) is 10.7. The molecule has 0 saturated carbocycles. The molecule has 0 aliphatic rings. The molecule has 1 aromatic carbocycles. The van der Waals surface area contributed by atoms with Crippen molar-refractivity contribution in [2.45, 2.75) is 13.0 Å². The Morgan fingerprint density at radius 3 is 2.86 bits per heavy atom. The van der Waals surface area contributed by atoms with Gasteiger partial charge in [-0.15, -0.1) is 0 Å². The van der Waals surface area contributed by atoms with Crippen LogP contribution in [0.2, 0.25) is 0 Å². The first-order valence-electron chi connectivity index (χ1n) is 4.36. The average molecular weight is 196 g/mol. The number of hydrogen-bond acceptors (Lipinski definition) is 2. The lowest BCUT2D eigenvalue weighted by Gasteiger charge is -2.08. The summed E-state index contributed by atoms with van der Waals surface area (Å²) in [5.41, 5.74) is 0.274. The highest BCUT2D eigenvalue weighted by molar-refractivity contribution is 5.30. The lowest BCUT2D eigenvalue weighted by atomic mass is 10.1. The van der Waals surface area contributed by atoms with Gasteiger partial charge in [-0.1, -0.05) is 12.7 Å². The van der Waals surface area contributed by atoms with Crippen molar-refractivity contribution in [1.82, 2.24) is 0 Å². The molecule has 0 amide bonds. The van der Waals surface area contributed by atoms with Gasteiger partial charge in [-0.2, -0.15) is 0 Å². The fraction of sp³-hybridized carbons (Fsp3) is 0.273. The molecule has 1 N–H and O–H groups in total. The van der Waals surface area contributed by atoms with Crippen LogP contribution in [0.3, 0.4) is 0 Å². The van der Waals surface area contributed by atoms with Crippen molar-refractivity contribution in [3.63, 3.8) is 0 Å². The summed E-state index contributed by atoms with van der Waals surface area (Å²) in [5, 5.41) is 9.17. The van der Waals surface area contributed by atoms with E-state index in [9.17, 15) is 9.50 Å². The molecule has 1 aromatic rings. The van der Waals surface area contributed by atoms with Crippen molar-refractivity contribution in [2.75, 3.05) is 6.61 Å². The molecule has 3 heteroatoms. The quantitative estimate of drug-likeness (QED) is 0.749. The molecule has 0 radical (unpaired) electrons. The summed E-state index contributed by atoms with van der Waals surface area (Å²) < 4.78 is 18.4. The third kappa shape index (κ3) is 2.57. The van der Waals surface area contributed by atoms with E-state index >= 15 is 0 Å². The molecule has 0 saturated heterocycles. The smallest absolute Gasteiger partial charge is 0.132 e. The SMILES string of the molecule is C=CCOc1ccc([C@H](C)O)c(F)c1. The van der Waals surface area contributed by atoms with E-state index in [1.165, 1.54) is 19.1 Å². The molecule has 0 aliphatic carbocycles. The highest BCUT2D eigenvalue weighted by Gasteiger charge is 2.08. The molecule has 0 heterocycles. The van der Waals surface area contributed by atoms with E-state index in [2.05, 4.69) is 6.58 Å². The van der Waals surface area contributed by atoms with Gasteiger partial charge in [0.25, 0.3) is 0 Å². The largest absolute Gasteiger partial charge is 0.489 e. The predicted octanol–water partition coefficient (Wildman–Crippen LogP) is 2.44. The zero-order valence-electron chi connectivity index (χ0n) is 8.03. The zero-order valence-corrected chi connectivity index (χ0v) is 8.03. The van der Waals surface area contributed by atoms with Crippen molar-refractivity contribution in [1.29, 1.82) is 0 Å². The van der Waals surface area contributed by atoms with E-state index in [1.807, 2.05) is 0 Å². The number of ether oxygens (including phenoxy) is 1. The molecule has 76 valence electrons. The Bertz CT molecular complexity index is 321. The van der Waals surface area contributed by atoms with Crippen LogP contribution in [0.25, 0.3) is 0 Å². The minimum atomic E-state index is -0.802. The lowest BCUT2D eigenvalue weighted by Crippen LogP contribution is -1.98. The molecular formula is C11H13FO2. The van der Waals surface area contributed by atoms with Gasteiger partial charge in [0.1, 0.15) is 18.2 Å². The number of benzene rings is 1. The van der Waals surface area contributed by atoms with Gasteiger partial charge in [0, 0.05) is 11.6 Å². The highest BCUT2D eigenvalue weighted by Crippen LogP contribution is 2.21. The van der Waals surface area contributed by atoms with E-state index in [0.29, 0.717) is 12.4 Å². The van der Waals surface area contributed by atoms with Gasteiger partial charge in [-0.05, 0) is 19.1 Å². The van der Waals surface area contributed by atoms with Crippen LogP contribution >= 0.6 is 0 Å². The summed E-state index contributed by atoms with van der Waals surface area (Å²) in [7, 11) is 0. The van der Waals surface area contributed by atoms with E-state index in [-0.39, 0.29) is 5.56 Å². The van der Waals surface area contributed by atoms with Crippen LogP contribution < -0.4 is 4.74 Å². The molecule has 2 nitrogen and oxygen atoms in total. The summed E-state index contributed by atoms with van der Waals surface area (Å²) in [6.07, 6.45) is 0.781. The number of rotatable bonds is 4. The van der Waals surface area contributed by atoms with Crippen molar-refractivity contribution in [3.8, 4) is 5.75 Å². The average Bonchev–Trinajstić information content (AvgIpc) is 2.14. The van der Waals surface area contributed by atoms with E-state index < -0.39 is 11.9 Å². The summed E-state index contributed by atoms with van der Waals surface area (Å²) in [6.45, 7) is 5.34. The maximum absolute atomic E-state index is 13.3. The van der Waals surface area contributed by atoms with Crippen LogP contribution in [-0.4, -0.2) is 11.7 Å². The summed E-state index contributed by atoms with van der Waals surface area (Å²) in [6, 6.07) is 4.39. The van der Waals surface area contributed by atoms with Crippen molar-refractivity contribution < 1.29 is 14.2 Å². The van der Waals surface area contributed by atoms with Gasteiger partial charge in [0.2, 0.25) is 0 Å². The van der Waals surface area contributed by atoms with Crippen molar-refractivity contribution >= 4 is 0 Å². The molecule has 0 fully saturated rings. The Balaban J connectivity index is 2.83. The van der Waals surface area contributed by atoms with E-state index in [1.54, 1.807) is 12.1 Å². The molecular weight excluding hydrogens is 183 g/mol. The second-order valence-electron chi connectivity index (χ2n) is 2.96. The van der Waals surface area contributed by atoms with Crippen LogP contribution in [0.4, 0.5) is 4.39 Å². The van der Waals surface area contributed by atoms with Crippen molar-refractivity contribution in [2.24, 2.45) is 0 Å². The minimum Gasteiger partial charge on any atom is -0.489 e. The normalized spacial score (nSPS) is 12.2. The Labute approximate surface area is 82.6 Å². The van der Waals surface area contributed by atoms with E-state index in [0.717, 1.165) is 0 Å². The maximum atomic E-state index is 13.3. The summed E-state index contributed by atoms with van der Waals surface area (Å²) in [4.78, 5) is 0. The fourth-order valence-electron chi connectivity index (χ4n) is 1.09. The molecule has 0 spiro atoms. The maximum Gasteiger partial charge on any atom is 0.132 e. The third-order valence-electron chi connectivity index (χ3n) is 1.79. The number of aliphatic hydroxyl groups excluding tert-OH is 1. The van der Waals surface area contributed by atoms with Crippen LogP contribution in [-0.2, 0) is 0 Å². The number of hydrogen-bond donors (Lipinski definition) is 1. The van der Waals surface area contributed by atoms with Gasteiger partial charge >= 0.3 is 0 Å². The topological polar surface area (TPSA) is 29.5 Å². The van der Waals surface area contributed by atoms with Gasteiger partial charge in [-0.3, -0.25) is 0 Å². The lowest BCUT2D eigenvalue weighted by molar-refractivity contribution is 0.194. The first-order valence-corrected chi connectivity index (χ1v) is 4.36. The molecule has 1 rings (SSSR count). The first-order chi connectivity index (χ1) is 6.65. The van der Waals surface area contributed by atoms with Gasteiger partial charge in [0.05, 0.1) is 6.10 Å². The fourth-order valence-corrected chi connectivity index (χ4v) is 1.09. The highest BCUT2D eigenvalue weighted by atomic mass is 19.1. The Morgan fingerprint density at radius 1 is 1.64 bits per heavy atom. The molecule has 0 aliphatic heterocycles. The molecule has 0 aromatic heterocycles. The van der Waals surface area contributed by atoms with Crippen LogP contribution in [0, 0.1) is 5.82 Å². The molecule has 0 unspecified atom stereocenters. The standard InChI is InChI=1S/C11H13FO2/c1-3-6-14-9-4-5-10(8(2)13)11(12)7-9/h3-5,7-8,13H,1,6H2,2H3/t8-/m0/s1. The molecule has 0 bridgehead atoms.